The standard InChI is InChI=1S/C4H8N4/c5-4(6)7-2-1-3-8-4/h1-3,7H,5-6H2. The molecule has 0 spiro atoms. The van der Waals surface area contributed by atoms with Crippen LogP contribution in [0.5, 0.6) is 0 Å². The molecule has 1 heterocycles. The van der Waals surface area contributed by atoms with Crippen molar-refractivity contribution in [2.24, 2.45) is 16.5 Å². The fraction of sp³-hybridized carbons (Fsp3) is 0.250. The van der Waals surface area contributed by atoms with Gasteiger partial charge in [0.15, 0.2) is 0 Å². The van der Waals surface area contributed by atoms with Crippen molar-refractivity contribution >= 4 is 6.21 Å². The predicted octanol–water partition coefficient (Wildman–Crippen LogP) is -1.30. The Hall–Kier alpha value is -0.870. The first kappa shape index (κ1) is 5.27. The average molecular weight is 112 g/mol. The Kier molecular flexibility index (Phi) is 1.04. The minimum Gasteiger partial charge on any atom is -0.343 e. The Morgan fingerprint density at radius 2 is 2.25 bits per heavy atom. The summed E-state index contributed by atoms with van der Waals surface area (Å²) in [5, 5.41) is 2.64. The van der Waals surface area contributed by atoms with Gasteiger partial charge in [0, 0.05) is 12.4 Å². The molecular weight excluding hydrogens is 104 g/mol. The van der Waals surface area contributed by atoms with Crippen molar-refractivity contribution in [1.29, 1.82) is 0 Å². The molecule has 0 aromatic carbocycles. The molecule has 0 fully saturated rings. The summed E-state index contributed by atoms with van der Waals surface area (Å²) >= 11 is 0. The lowest BCUT2D eigenvalue weighted by atomic mass is 10.5. The molecule has 1 aliphatic heterocycles. The molecule has 0 saturated carbocycles. The first-order valence-corrected chi connectivity index (χ1v) is 2.26. The highest BCUT2D eigenvalue weighted by molar-refractivity contribution is 5.72. The van der Waals surface area contributed by atoms with Gasteiger partial charge in [-0.05, 0) is 6.08 Å². The van der Waals surface area contributed by atoms with E-state index in [2.05, 4.69) is 10.3 Å². The van der Waals surface area contributed by atoms with Crippen LogP contribution < -0.4 is 16.8 Å². The van der Waals surface area contributed by atoms with Crippen molar-refractivity contribution in [1.82, 2.24) is 5.32 Å². The number of hydrogen-bond acceptors (Lipinski definition) is 4. The Balaban J connectivity index is 2.65. The summed E-state index contributed by atoms with van der Waals surface area (Å²) in [7, 11) is 0. The van der Waals surface area contributed by atoms with Gasteiger partial charge < -0.3 is 5.32 Å². The van der Waals surface area contributed by atoms with E-state index in [1.807, 2.05) is 0 Å². The monoisotopic (exact) mass is 112 g/mol. The molecule has 0 unspecified atom stereocenters. The quantitative estimate of drug-likeness (QED) is 0.341. The molecule has 0 aliphatic carbocycles. The van der Waals surface area contributed by atoms with E-state index >= 15 is 0 Å². The highest BCUT2D eigenvalue weighted by Crippen LogP contribution is 1.89. The smallest absolute Gasteiger partial charge is 0.238 e. The molecule has 0 aromatic rings. The van der Waals surface area contributed by atoms with Crippen LogP contribution in [0.25, 0.3) is 0 Å². The second kappa shape index (κ2) is 1.57. The molecule has 1 rings (SSSR count). The van der Waals surface area contributed by atoms with Crippen LogP contribution >= 0.6 is 0 Å². The number of nitrogens with two attached hydrogens (primary N) is 2. The highest BCUT2D eigenvalue weighted by atomic mass is 15.4. The number of hydrogen-bond donors (Lipinski definition) is 3. The van der Waals surface area contributed by atoms with Crippen molar-refractivity contribution in [2.75, 3.05) is 0 Å². The van der Waals surface area contributed by atoms with Crippen LogP contribution in [0, 0.1) is 0 Å². The molecule has 8 heavy (non-hydrogen) atoms. The Bertz CT molecular complexity index is 135. The summed E-state index contributed by atoms with van der Waals surface area (Å²) in [6, 6.07) is 0. The van der Waals surface area contributed by atoms with Gasteiger partial charge in [-0.2, -0.15) is 0 Å². The van der Waals surface area contributed by atoms with Gasteiger partial charge in [-0.25, -0.2) is 4.99 Å². The molecule has 0 aromatic heterocycles. The number of aliphatic imine (C=N–C) groups is 1. The molecule has 0 saturated heterocycles. The van der Waals surface area contributed by atoms with Crippen LogP contribution in [0.2, 0.25) is 0 Å². The van der Waals surface area contributed by atoms with E-state index < -0.39 is 5.91 Å². The summed E-state index contributed by atoms with van der Waals surface area (Å²) < 4.78 is 0. The highest BCUT2D eigenvalue weighted by Gasteiger charge is 2.13. The summed E-state index contributed by atoms with van der Waals surface area (Å²) in [4.78, 5) is 3.69. The second-order valence-corrected chi connectivity index (χ2v) is 1.61. The van der Waals surface area contributed by atoms with Crippen molar-refractivity contribution in [2.45, 2.75) is 5.91 Å². The van der Waals surface area contributed by atoms with E-state index in [0.29, 0.717) is 0 Å². The van der Waals surface area contributed by atoms with Crippen LogP contribution in [0.15, 0.2) is 17.3 Å². The van der Waals surface area contributed by atoms with Crippen LogP contribution in [0.3, 0.4) is 0 Å². The number of nitrogens with one attached hydrogen (secondary N) is 1. The predicted molar refractivity (Wildman–Crippen MR) is 31.9 cm³/mol. The van der Waals surface area contributed by atoms with Crippen LogP contribution in [-0.2, 0) is 0 Å². The van der Waals surface area contributed by atoms with Crippen molar-refractivity contribution in [3.8, 4) is 0 Å². The van der Waals surface area contributed by atoms with Crippen LogP contribution in [0.4, 0.5) is 0 Å². The molecule has 0 radical (unpaired) electrons. The van der Waals surface area contributed by atoms with E-state index in [0.717, 1.165) is 0 Å². The number of nitrogens with zero attached hydrogens (tertiary/aromatic N) is 1. The Labute approximate surface area is 47.3 Å². The van der Waals surface area contributed by atoms with Gasteiger partial charge in [0.25, 0.3) is 0 Å². The zero-order chi connectivity index (χ0) is 6.04. The van der Waals surface area contributed by atoms with Gasteiger partial charge in [0.2, 0.25) is 5.91 Å². The lowest BCUT2D eigenvalue weighted by Gasteiger charge is -2.20. The molecule has 1 aliphatic rings. The molecule has 4 heteroatoms. The van der Waals surface area contributed by atoms with Gasteiger partial charge >= 0.3 is 0 Å². The molecule has 44 valence electrons. The minimum absolute atomic E-state index is 1.09. The van der Waals surface area contributed by atoms with Crippen molar-refractivity contribution in [3.05, 3.63) is 12.3 Å². The van der Waals surface area contributed by atoms with E-state index in [-0.39, 0.29) is 0 Å². The van der Waals surface area contributed by atoms with Crippen LogP contribution in [0.1, 0.15) is 0 Å². The third kappa shape index (κ3) is 1.05. The maximum Gasteiger partial charge on any atom is 0.238 e. The summed E-state index contributed by atoms with van der Waals surface area (Å²) in [6.45, 7) is 0. The van der Waals surface area contributed by atoms with Crippen molar-refractivity contribution < 1.29 is 0 Å². The second-order valence-electron chi connectivity index (χ2n) is 1.61. The fourth-order valence-corrected chi connectivity index (χ4v) is 0.428. The molecule has 0 amide bonds. The maximum atomic E-state index is 5.30. The largest absolute Gasteiger partial charge is 0.343 e. The van der Waals surface area contributed by atoms with E-state index in [1.54, 1.807) is 18.5 Å². The third-order valence-corrected chi connectivity index (χ3v) is 0.785. The van der Waals surface area contributed by atoms with E-state index in [1.165, 1.54) is 0 Å². The zero-order valence-corrected chi connectivity index (χ0v) is 4.33. The van der Waals surface area contributed by atoms with Crippen LogP contribution in [-0.4, -0.2) is 12.1 Å². The molecule has 0 bridgehead atoms. The Morgan fingerprint density at radius 3 is 2.50 bits per heavy atom. The first-order valence-electron chi connectivity index (χ1n) is 2.26. The summed E-state index contributed by atoms with van der Waals surface area (Å²) in [5.41, 5.74) is 10.6. The molecule has 4 nitrogen and oxygen atoms in total. The summed E-state index contributed by atoms with van der Waals surface area (Å²) in [5.74, 6) is -1.09. The fourth-order valence-electron chi connectivity index (χ4n) is 0.428. The molecule has 0 atom stereocenters. The minimum atomic E-state index is -1.09. The van der Waals surface area contributed by atoms with E-state index in [9.17, 15) is 0 Å². The number of rotatable bonds is 0. The van der Waals surface area contributed by atoms with Gasteiger partial charge in [0.1, 0.15) is 0 Å². The summed E-state index contributed by atoms with van der Waals surface area (Å²) in [6.07, 6.45) is 4.92. The Morgan fingerprint density at radius 1 is 1.50 bits per heavy atom. The topological polar surface area (TPSA) is 76.4 Å². The van der Waals surface area contributed by atoms with Gasteiger partial charge in [-0.15, -0.1) is 0 Å². The maximum absolute atomic E-state index is 5.30. The lowest BCUT2D eigenvalue weighted by Crippen LogP contribution is -2.58. The zero-order valence-electron chi connectivity index (χ0n) is 4.33. The van der Waals surface area contributed by atoms with Crippen molar-refractivity contribution in [3.63, 3.8) is 0 Å². The third-order valence-electron chi connectivity index (χ3n) is 0.785. The van der Waals surface area contributed by atoms with E-state index in [4.69, 9.17) is 11.5 Å². The van der Waals surface area contributed by atoms with Gasteiger partial charge in [-0.3, -0.25) is 11.5 Å². The van der Waals surface area contributed by atoms with Gasteiger partial charge in [-0.1, -0.05) is 0 Å². The SMILES string of the molecule is NC1(N)N=CC=CN1. The average Bonchev–Trinajstić information content (AvgIpc) is 1.65. The molecule has 5 N–H and O–H groups in total. The number of allylic oxidation sites excluding steroid dienone is 1. The van der Waals surface area contributed by atoms with Gasteiger partial charge in [0.05, 0.1) is 0 Å². The molecular formula is C4H8N4. The lowest BCUT2D eigenvalue weighted by molar-refractivity contribution is 0.412. The normalized spacial score (nSPS) is 22.8. The first-order chi connectivity index (χ1) is 3.71.